The van der Waals surface area contributed by atoms with Crippen molar-refractivity contribution in [2.75, 3.05) is 0 Å². The van der Waals surface area contributed by atoms with E-state index >= 15 is 0 Å². The Kier molecular flexibility index (Phi) is 1.92. The van der Waals surface area contributed by atoms with Crippen LogP contribution in [0.5, 0.6) is 0 Å². The summed E-state index contributed by atoms with van der Waals surface area (Å²) in [5.41, 5.74) is 0. The van der Waals surface area contributed by atoms with Gasteiger partial charge in [-0.25, -0.2) is 8.78 Å². The van der Waals surface area contributed by atoms with Crippen LogP contribution in [0.4, 0.5) is 8.78 Å². The average molecular weight is 190 g/mol. The Bertz CT molecular complexity index is 218. The lowest BCUT2D eigenvalue weighted by molar-refractivity contribution is -0.151. The maximum absolute atomic E-state index is 13.2. The Morgan fingerprint density at radius 2 is 1.38 bits per heavy atom. The van der Waals surface area contributed by atoms with Gasteiger partial charge in [0, 0.05) is 0 Å². The van der Waals surface area contributed by atoms with Gasteiger partial charge in [0.05, 0.1) is 0 Å². The van der Waals surface area contributed by atoms with Crippen LogP contribution in [0.15, 0.2) is 12.2 Å². The highest BCUT2D eigenvalue weighted by molar-refractivity contribution is 5.11. The van der Waals surface area contributed by atoms with Crippen molar-refractivity contribution in [3.8, 4) is 0 Å². The summed E-state index contributed by atoms with van der Waals surface area (Å²) < 4.78 is 36.9. The Balaban J connectivity index is 2.21. The first-order valence-corrected chi connectivity index (χ1v) is 4.32. The van der Waals surface area contributed by atoms with E-state index in [-0.39, 0.29) is 0 Å². The van der Waals surface area contributed by atoms with Crippen molar-refractivity contribution >= 4 is 0 Å². The summed E-state index contributed by atoms with van der Waals surface area (Å²) in [4.78, 5) is 0. The van der Waals surface area contributed by atoms with Crippen LogP contribution in [0.25, 0.3) is 0 Å². The third-order valence-electron chi connectivity index (χ3n) is 2.27. The van der Waals surface area contributed by atoms with Crippen LogP contribution in [0.2, 0.25) is 0 Å². The minimum Gasteiger partial charge on any atom is -0.341 e. The first-order chi connectivity index (χ1) is 5.99. The number of hydrogen-bond acceptors (Lipinski definition) is 2. The van der Waals surface area contributed by atoms with Gasteiger partial charge in [0.2, 0.25) is 0 Å². The van der Waals surface area contributed by atoms with Gasteiger partial charge in [-0.1, -0.05) is 0 Å². The van der Waals surface area contributed by atoms with Crippen LogP contribution in [0, 0.1) is 0 Å². The van der Waals surface area contributed by atoms with E-state index < -0.39 is 30.3 Å². The van der Waals surface area contributed by atoms with Crippen molar-refractivity contribution in [2.45, 2.75) is 44.2 Å². The minimum atomic E-state index is -1.27. The number of rotatable bonds is 0. The van der Waals surface area contributed by atoms with Gasteiger partial charge in [-0.3, -0.25) is 0 Å². The van der Waals surface area contributed by atoms with E-state index in [9.17, 15) is 8.78 Å². The molecule has 0 aromatic carbocycles. The molecular weight excluding hydrogens is 178 g/mol. The van der Waals surface area contributed by atoms with Gasteiger partial charge in [-0.15, -0.1) is 0 Å². The molecule has 74 valence electrons. The number of hydrogen-bond donors (Lipinski definition) is 0. The minimum absolute atomic E-state index is 0.796. The third-order valence-corrected chi connectivity index (χ3v) is 2.27. The molecule has 0 unspecified atom stereocenters. The van der Waals surface area contributed by atoms with Gasteiger partial charge >= 0.3 is 0 Å². The molecule has 2 nitrogen and oxygen atoms in total. The second-order valence-corrected chi connectivity index (χ2v) is 3.84. The molecule has 1 saturated heterocycles. The molecule has 2 rings (SSSR count). The third kappa shape index (κ3) is 1.48. The molecule has 4 heteroatoms. The molecule has 1 fully saturated rings. The van der Waals surface area contributed by atoms with Gasteiger partial charge < -0.3 is 9.47 Å². The summed E-state index contributed by atoms with van der Waals surface area (Å²) in [5.74, 6) is -0.879. The molecule has 0 aromatic rings. The lowest BCUT2D eigenvalue weighted by atomic mass is 9.98. The van der Waals surface area contributed by atoms with Crippen LogP contribution in [0.3, 0.4) is 0 Å². The van der Waals surface area contributed by atoms with Crippen molar-refractivity contribution in [3.05, 3.63) is 12.2 Å². The van der Waals surface area contributed by atoms with Crippen LogP contribution < -0.4 is 0 Å². The smallest absolute Gasteiger partial charge is 0.164 e. The molecule has 4 atom stereocenters. The predicted octanol–water partition coefficient (Wildman–Crippen LogP) is 1.75. The molecule has 13 heavy (non-hydrogen) atoms. The van der Waals surface area contributed by atoms with Gasteiger partial charge in [-0.2, -0.15) is 0 Å². The number of ether oxygens (including phenoxy) is 2. The maximum Gasteiger partial charge on any atom is 0.164 e. The quantitative estimate of drug-likeness (QED) is 0.542. The van der Waals surface area contributed by atoms with E-state index in [1.165, 1.54) is 12.2 Å². The highest BCUT2D eigenvalue weighted by Gasteiger charge is 2.49. The first kappa shape index (κ1) is 9.09. The van der Waals surface area contributed by atoms with Crippen molar-refractivity contribution in [2.24, 2.45) is 0 Å². The average Bonchev–Trinajstić information content (AvgIpc) is 2.35. The lowest BCUT2D eigenvalue weighted by Gasteiger charge is -2.23. The molecule has 0 aromatic heterocycles. The molecule has 0 radical (unpaired) electrons. The zero-order valence-electron chi connectivity index (χ0n) is 7.54. The monoisotopic (exact) mass is 190 g/mol. The molecule has 0 spiro atoms. The van der Waals surface area contributed by atoms with Gasteiger partial charge in [0.1, 0.15) is 24.6 Å². The second kappa shape index (κ2) is 2.75. The number of fused-ring (bicyclic) bond motifs is 1. The van der Waals surface area contributed by atoms with Gasteiger partial charge in [-0.05, 0) is 26.0 Å². The molecule has 1 heterocycles. The topological polar surface area (TPSA) is 18.5 Å². The Labute approximate surface area is 75.5 Å². The van der Waals surface area contributed by atoms with E-state index in [1.54, 1.807) is 13.8 Å². The van der Waals surface area contributed by atoms with Crippen molar-refractivity contribution in [1.29, 1.82) is 0 Å². The summed E-state index contributed by atoms with van der Waals surface area (Å²) in [5, 5.41) is 0. The predicted molar refractivity (Wildman–Crippen MR) is 42.8 cm³/mol. The first-order valence-electron chi connectivity index (χ1n) is 4.32. The summed E-state index contributed by atoms with van der Waals surface area (Å²) in [7, 11) is 0. The molecule has 0 bridgehead atoms. The zero-order chi connectivity index (χ0) is 9.64. The summed E-state index contributed by atoms with van der Waals surface area (Å²) in [6, 6.07) is 0. The molecule has 0 amide bonds. The van der Waals surface area contributed by atoms with Crippen LogP contribution in [0.1, 0.15) is 13.8 Å². The second-order valence-electron chi connectivity index (χ2n) is 3.84. The summed E-state index contributed by atoms with van der Waals surface area (Å²) in [6.45, 7) is 3.32. The van der Waals surface area contributed by atoms with Gasteiger partial charge in [0.15, 0.2) is 5.79 Å². The number of halogens is 2. The molecular formula is C9H12F2O2. The normalized spacial score (nSPS) is 47.7. The van der Waals surface area contributed by atoms with Gasteiger partial charge in [0.25, 0.3) is 0 Å². The maximum atomic E-state index is 13.2. The standard InChI is InChI=1S/C9H12F2O2/c1-9(2)12-7-5(10)3-4-6(11)8(7)13-9/h3-8H,1-2H3/t5-,6-,7+,8+/m1/s1. The molecule has 1 aliphatic carbocycles. The van der Waals surface area contributed by atoms with E-state index in [2.05, 4.69) is 0 Å². The van der Waals surface area contributed by atoms with Crippen molar-refractivity contribution in [3.63, 3.8) is 0 Å². The van der Waals surface area contributed by atoms with Crippen LogP contribution in [-0.4, -0.2) is 30.3 Å². The Morgan fingerprint density at radius 1 is 1.00 bits per heavy atom. The van der Waals surface area contributed by atoms with Crippen LogP contribution >= 0.6 is 0 Å². The van der Waals surface area contributed by atoms with Crippen LogP contribution in [-0.2, 0) is 9.47 Å². The summed E-state index contributed by atoms with van der Waals surface area (Å²) >= 11 is 0. The highest BCUT2D eigenvalue weighted by Crippen LogP contribution is 2.36. The molecule has 1 aliphatic heterocycles. The van der Waals surface area contributed by atoms with E-state index in [1.807, 2.05) is 0 Å². The number of alkyl halides is 2. The van der Waals surface area contributed by atoms with E-state index in [0.717, 1.165) is 0 Å². The SMILES string of the molecule is CC1(C)O[C@@H]2[C@@H](O1)[C@H](F)C=C[C@H]2F. The molecule has 0 N–H and O–H groups in total. The zero-order valence-corrected chi connectivity index (χ0v) is 7.54. The molecule has 2 aliphatic rings. The highest BCUT2D eigenvalue weighted by atomic mass is 19.1. The Morgan fingerprint density at radius 3 is 1.77 bits per heavy atom. The largest absolute Gasteiger partial charge is 0.341 e. The molecule has 0 saturated carbocycles. The fourth-order valence-corrected chi connectivity index (χ4v) is 1.74. The Hall–Kier alpha value is -0.480. The van der Waals surface area contributed by atoms with E-state index in [0.29, 0.717) is 0 Å². The fraction of sp³-hybridized carbons (Fsp3) is 0.778. The lowest BCUT2D eigenvalue weighted by Crippen LogP contribution is -2.40. The van der Waals surface area contributed by atoms with E-state index in [4.69, 9.17) is 9.47 Å². The van der Waals surface area contributed by atoms with Crippen molar-refractivity contribution in [1.82, 2.24) is 0 Å². The van der Waals surface area contributed by atoms with Crippen molar-refractivity contribution < 1.29 is 18.3 Å². The fourth-order valence-electron chi connectivity index (χ4n) is 1.74. The summed E-state index contributed by atoms with van der Waals surface area (Å²) in [6.07, 6.45) is -1.74.